The number of aliphatic carboxylic acids is 1. The van der Waals surface area contributed by atoms with Crippen LogP contribution in [0, 0.1) is 11.3 Å². The van der Waals surface area contributed by atoms with Crippen molar-refractivity contribution in [3.05, 3.63) is 0 Å². The van der Waals surface area contributed by atoms with E-state index in [-0.39, 0.29) is 30.3 Å². The molecule has 1 aliphatic carbocycles. The number of amides is 1. The van der Waals surface area contributed by atoms with Gasteiger partial charge in [-0.2, -0.15) is 0 Å². The molecule has 0 aromatic heterocycles. The van der Waals surface area contributed by atoms with Gasteiger partial charge in [0.15, 0.2) is 0 Å². The lowest BCUT2D eigenvalue weighted by molar-refractivity contribution is -0.145. The molecule has 2 N–H and O–H groups in total. The second kappa shape index (κ2) is 5.90. The molecule has 5 heteroatoms. The zero-order valence-electron chi connectivity index (χ0n) is 11.3. The first-order valence-corrected chi connectivity index (χ1v) is 7.15. The molecule has 2 rings (SSSR count). The summed E-state index contributed by atoms with van der Waals surface area (Å²) >= 11 is 0. The van der Waals surface area contributed by atoms with Crippen molar-refractivity contribution in [2.45, 2.75) is 44.9 Å². The Morgan fingerprint density at radius 1 is 1.11 bits per heavy atom. The van der Waals surface area contributed by atoms with Gasteiger partial charge in [-0.3, -0.25) is 9.59 Å². The molecule has 0 bridgehead atoms. The first kappa shape index (κ1) is 14.3. The number of nitrogens with zero attached hydrogens (tertiary/aromatic N) is 1. The van der Waals surface area contributed by atoms with Crippen molar-refractivity contribution in [1.82, 2.24) is 4.90 Å². The normalized spacial score (nSPS) is 22.9. The number of carboxylic acid groups (broad SMARTS) is 1. The smallest absolute Gasteiger partial charge is 0.303 e. The van der Waals surface area contributed by atoms with Gasteiger partial charge in [-0.15, -0.1) is 0 Å². The number of carbonyl (C=O) groups excluding carboxylic acids is 1. The Morgan fingerprint density at radius 3 is 2.26 bits per heavy atom. The molecule has 5 nitrogen and oxygen atoms in total. The number of hydrogen-bond acceptors (Lipinski definition) is 3. The lowest BCUT2D eigenvalue weighted by Crippen LogP contribution is -2.52. The van der Waals surface area contributed by atoms with Crippen LogP contribution in [0.2, 0.25) is 0 Å². The molecular weight excluding hydrogens is 246 g/mol. The summed E-state index contributed by atoms with van der Waals surface area (Å²) in [4.78, 5) is 25.0. The number of carboxylic acids is 1. The fourth-order valence-corrected chi connectivity index (χ4v) is 3.36. The molecule has 1 amide bonds. The summed E-state index contributed by atoms with van der Waals surface area (Å²) in [6, 6.07) is 0. The quantitative estimate of drug-likeness (QED) is 0.787. The molecule has 2 fully saturated rings. The monoisotopic (exact) mass is 269 g/mol. The van der Waals surface area contributed by atoms with Crippen molar-refractivity contribution >= 4 is 11.9 Å². The molecule has 0 unspecified atom stereocenters. The Hall–Kier alpha value is -1.10. The Bertz CT molecular complexity index is 343. The first-order valence-electron chi connectivity index (χ1n) is 7.15. The summed E-state index contributed by atoms with van der Waals surface area (Å²) in [6.07, 6.45) is 5.36. The molecule has 2 aliphatic rings. The highest BCUT2D eigenvalue weighted by molar-refractivity contribution is 5.79. The Labute approximate surface area is 113 Å². The third-order valence-corrected chi connectivity index (χ3v) is 4.53. The van der Waals surface area contributed by atoms with Gasteiger partial charge in [-0.05, 0) is 18.3 Å². The van der Waals surface area contributed by atoms with Gasteiger partial charge in [0.05, 0.1) is 6.42 Å². The third-order valence-electron chi connectivity index (χ3n) is 4.53. The van der Waals surface area contributed by atoms with E-state index < -0.39 is 5.97 Å². The second-order valence-corrected chi connectivity index (χ2v) is 6.16. The molecule has 19 heavy (non-hydrogen) atoms. The van der Waals surface area contributed by atoms with Crippen LogP contribution in [-0.2, 0) is 9.59 Å². The van der Waals surface area contributed by atoms with E-state index in [1.54, 1.807) is 4.90 Å². The third kappa shape index (κ3) is 3.47. The van der Waals surface area contributed by atoms with E-state index in [2.05, 4.69) is 0 Å². The molecule has 0 radical (unpaired) electrons. The maximum Gasteiger partial charge on any atom is 0.303 e. The molecule has 108 valence electrons. The van der Waals surface area contributed by atoms with Crippen LogP contribution in [0.15, 0.2) is 0 Å². The lowest BCUT2D eigenvalue weighted by Gasteiger charge is -2.42. The number of aliphatic hydroxyl groups excluding tert-OH is 1. The van der Waals surface area contributed by atoms with Gasteiger partial charge >= 0.3 is 5.97 Å². The molecule has 1 saturated carbocycles. The van der Waals surface area contributed by atoms with Gasteiger partial charge in [-0.1, -0.05) is 19.3 Å². The highest BCUT2D eigenvalue weighted by atomic mass is 16.4. The minimum absolute atomic E-state index is 0.0628. The fourth-order valence-electron chi connectivity index (χ4n) is 3.36. The molecular formula is C14H23NO4. The number of likely N-dealkylation sites (tertiary alicyclic amines) is 1. The van der Waals surface area contributed by atoms with Crippen LogP contribution in [0.1, 0.15) is 44.9 Å². The molecule has 0 aromatic carbocycles. The number of aliphatic hydroxyl groups is 1. The van der Waals surface area contributed by atoms with Gasteiger partial charge in [0.2, 0.25) is 5.91 Å². The van der Waals surface area contributed by atoms with Crippen molar-refractivity contribution in [3.63, 3.8) is 0 Å². The Balaban J connectivity index is 1.92. The van der Waals surface area contributed by atoms with Crippen LogP contribution < -0.4 is 0 Å². The predicted molar refractivity (Wildman–Crippen MR) is 69.5 cm³/mol. The summed E-state index contributed by atoms with van der Waals surface area (Å²) in [5.41, 5.74) is -0.328. The maximum absolute atomic E-state index is 12.2. The van der Waals surface area contributed by atoms with Crippen LogP contribution >= 0.6 is 0 Å². The number of hydrogen-bond donors (Lipinski definition) is 2. The molecule has 1 aliphatic heterocycles. The van der Waals surface area contributed by atoms with Gasteiger partial charge in [0, 0.05) is 32.0 Å². The Morgan fingerprint density at radius 2 is 1.74 bits per heavy atom. The van der Waals surface area contributed by atoms with E-state index in [9.17, 15) is 9.59 Å². The van der Waals surface area contributed by atoms with Crippen LogP contribution in [0.25, 0.3) is 0 Å². The number of carbonyl (C=O) groups is 2. The van der Waals surface area contributed by atoms with Crippen LogP contribution in [-0.4, -0.2) is 46.7 Å². The van der Waals surface area contributed by atoms with Crippen LogP contribution in [0.4, 0.5) is 0 Å². The minimum atomic E-state index is -0.799. The van der Waals surface area contributed by atoms with Crippen molar-refractivity contribution in [3.8, 4) is 0 Å². The zero-order valence-corrected chi connectivity index (χ0v) is 11.3. The second-order valence-electron chi connectivity index (χ2n) is 6.16. The van der Waals surface area contributed by atoms with Crippen molar-refractivity contribution < 1.29 is 19.8 Å². The zero-order chi connectivity index (χ0) is 13.9. The van der Waals surface area contributed by atoms with E-state index in [0.717, 1.165) is 32.1 Å². The van der Waals surface area contributed by atoms with Gasteiger partial charge < -0.3 is 15.1 Å². The standard InChI is InChI=1S/C14H23NO4/c16-10-11-8-15(9-11)12(17)6-14(7-13(18)19)4-2-1-3-5-14/h11,16H,1-10H2,(H,18,19). The Kier molecular flexibility index (Phi) is 4.45. The maximum atomic E-state index is 12.2. The summed E-state index contributed by atoms with van der Waals surface area (Å²) < 4.78 is 0. The minimum Gasteiger partial charge on any atom is -0.481 e. The van der Waals surface area contributed by atoms with Crippen molar-refractivity contribution in [1.29, 1.82) is 0 Å². The number of rotatable bonds is 5. The van der Waals surface area contributed by atoms with Crippen LogP contribution in [0.3, 0.4) is 0 Å². The average Bonchev–Trinajstić information content (AvgIpc) is 2.27. The predicted octanol–water partition coefficient (Wildman–Crippen LogP) is 1.25. The van der Waals surface area contributed by atoms with E-state index in [4.69, 9.17) is 10.2 Å². The topological polar surface area (TPSA) is 77.8 Å². The van der Waals surface area contributed by atoms with Gasteiger partial charge in [-0.25, -0.2) is 0 Å². The average molecular weight is 269 g/mol. The van der Waals surface area contributed by atoms with E-state index in [1.165, 1.54) is 0 Å². The SMILES string of the molecule is O=C(O)CC1(CC(=O)N2CC(CO)C2)CCCCC1. The first-order chi connectivity index (χ1) is 9.04. The van der Waals surface area contributed by atoms with Gasteiger partial charge in [0.25, 0.3) is 0 Å². The summed E-state index contributed by atoms with van der Waals surface area (Å²) in [7, 11) is 0. The van der Waals surface area contributed by atoms with Gasteiger partial charge in [0.1, 0.15) is 0 Å². The van der Waals surface area contributed by atoms with Crippen molar-refractivity contribution in [2.24, 2.45) is 11.3 Å². The highest BCUT2D eigenvalue weighted by Crippen LogP contribution is 2.43. The molecule has 1 heterocycles. The summed E-state index contributed by atoms with van der Waals surface area (Å²) in [6.45, 7) is 1.38. The molecule has 0 atom stereocenters. The molecule has 1 saturated heterocycles. The largest absolute Gasteiger partial charge is 0.481 e. The van der Waals surface area contributed by atoms with E-state index in [1.807, 2.05) is 0 Å². The highest BCUT2D eigenvalue weighted by Gasteiger charge is 2.39. The molecule has 0 spiro atoms. The van der Waals surface area contributed by atoms with Crippen molar-refractivity contribution in [2.75, 3.05) is 19.7 Å². The van der Waals surface area contributed by atoms with Crippen LogP contribution in [0.5, 0.6) is 0 Å². The lowest BCUT2D eigenvalue weighted by atomic mass is 9.69. The molecule has 0 aromatic rings. The van der Waals surface area contributed by atoms with E-state index >= 15 is 0 Å². The fraction of sp³-hybridized carbons (Fsp3) is 0.857. The summed E-state index contributed by atoms with van der Waals surface area (Å²) in [5, 5.41) is 18.0. The van der Waals surface area contributed by atoms with E-state index in [0.29, 0.717) is 19.5 Å². The summed E-state index contributed by atoms with van der Waals surface area (Å²) in [5.74, 6) is -0.523.